The summed E-state index contributed by atoms with van der Waals surface area (Å²) in [4.78, 5) is 22.8. The summed E-state index contributed by atoms with van der Waals surface area (Å²) in [6, 6.07) is 19.8. The lowest BCUT2D eigenvalue weighted by Gasteiger charge is -2.41. The number of rotatable bonds is 7. The zero-order chi connectivity index (χ0) is 26.9. The van der Waals surface area contributed by atoms with Crippen molar-refractivity contribution in [3.63, 3.8) is 0 Å². The van der Waals surface area contributed by atoms with Crippen LogP contribution in [-0.2, 0) is 14.8 Å². The lowest BCUT2D eigenvalue weighted by molar-refractivity contribution is -0.127. The lowest BCUT2D eigenvalue weighted by atomic mass is 9.93. The lowest BCUT2D eigenvalue weighted by Crippen LogP contribution is -2.45. The highest BCUT2D eigenvalue weighted by molar-refractivity contribution is 8.13. The first-order valence-electron chi connectivity index (χ1n) is 12.9. The Bertz CT molecular complexity index is 1540. The minimum atomic E-state index is -3.85. The molecule has 0 spiro atoms. The zero-order valence-electron chi connectivity index (χ0n) is 21.8. The molecule has 3 aromatic carbocycles. The monoisotopic (exact) mass is 548 g/mol. The summed E-state index contributed by atoms with van der Waals surface area (Å²) in [5, 5.41) is 2.44. The fourth-order valence-corrected chi connectivity index (χ4v) is 7.48. The summed E-state index contributed by atoms with van der Waals surface area (Å²) in [5.41, 5.74) is 2.67. The van der Waals surface area contributed by atoms with Gasteiger partial charge in [-0.3, -0.25) is 9.52 Å². The van der Waals surface area contributed by atoms with Crippen molar-refractivity contribution in [3.05, 3.63) is 83.6 Å². The van der Waals surface area contributed by atoms with E-state index in [2.05, 4.69) is 9.62 Å². The Morgan fingerprint density at radius 1 is 1.08 bits per heavy atom. The number of nitrogens with zero attached hydrogens (tertiary/aromatic N) is 3. The van der Waals surface area contributed by atoms with Crippen molar-refractivity contribution in [1.82, 2.24) is 9.80 Å². The van der Waals surface area contributed by atoms with Crippen LogP contribution in [0.2, 0.25) is 0 Å². The van der Waals surface area contributed by atoms with E-state index in [-0.39, 0.29) is 16.8 Å². The second-order valence-corrected chi connectivity index (χ2v) is 12.1. The molecule has 9 heteroatoms. The van der Waals surface area contributed by atoms with E-state index >= 15 is 0 Å². The summed E-state index contributed by atoms with van der Waals surface area (Å²) in [6.07, 6.45) is 0.985. The van der Waals surface area contributed by atoms with Crippen LogP contribution in [0.15, 0.2) is 87.9 Å². The average molecular weight is 549 g/mol. The smallest absolute Gasteiger partial charge is 0.262 e. The van der Waals surface area contributed by atoms with Crippen molar-refractivity contribution in [2.75, 3.05) is 30.1 Å². The summed E-state index contributed by atoms with van der Waals surface area (Å²) < 4.78 is 29.8. The fraction of sp³-hybridized carbons (Fsp3) is 0.310. The maximum absolute atomic E-state index is 13.7. The van der Waals surface area contributed by atoms with Crippen LogP contribution >= 0.6 is 11.8 Å². The number of sulfonamides is 1. The number of carbonyl (C=O) groups is 1. The molecular weight excluding hydrogens is 516 g/mol. The van der Waals surface area contributed by atoms with E-state index < -0.39 is 10.0 Å². The third kappa shape index (κ3) is 4.92. The van der Waals surface area contributed by atoms with E-state index in [1.165, 1.54) is 0 Å². The predicted molar refractivity (Wildman–Crippen MR) is 156 cm³/mol. The number of anilines is 1. The number of carbonyl (C=O) groups excluding carboxylic acids is 1. The molecular formula is C29H32N4O3S2. The molecule has 1 amide bonds. The van der Waals surface area contributed by atoms with Crippen LogP contribution in [0.5, 0.6) is 0 Å². The van der Waals surface area contributed by atoms with Crippen molar-refractivity contribution in [2.24, 2.45) is 4.99 Å². The molecule has 38 heavy (non-hydrogen) atoms. The Kier molecular flexibility index (Phi) is 7.49. The highest BCUT2D eigenvalue weighted by Gasteiger charge is 2.38. The molecule has 0 aromatic heterocycles. The van der Waals surface area contributed by atoms with Gasteiger partial charge in [-0.1, -0.05) is 60.3 Å². The number of thioether (sulfide) groups is 1. The van der Waals surface area contributed by atoms with Gasteiger partial charge in [-0.15, -0.1) is 0 Å². The number of nitrogens with one attached hydrogen (secondary N) is 1. The van der Waals surface area contributed by atoms with Crippen LogP contribution in [0, 0.1) is 0 Å². The molecule has 1 atom stereocenters. The third-order valence-corrected chi connectivity index (χ3v) is 9.55. The fourth-order valence-electron chi connectivity index (χ4n) is 5.18. The van der Waals surface area contributed by atoms with Crippen molar-refractivity contribution < 1.29 is 13.2 Å². The Morgan fingerprint density at radius 2 is 1.82 bits per heavy atom. The molecule has 5 rings (SSSR count). The van der Waals surface area contributed by atoms with Crippen LogP contribution < -0.4 is 4.72 Å². The summed E-state index contributed by atoms with van der Waals surface area (Å²) in [6.45, 7) is 7.84. The topological polar surface area (TPSA) is 82.1 Å². The van der Waals surface area contributed by atoms with Crippen LogP contribution in [0.1, 0.15) is 38.8 Å². The minimum absolute atomic E-state index is 0.0300. The molecule has 1 saturated heterocycles. The number of hydrogen-bond donors (Lipinski definition) is 1. The molecule has 0 aliphatic carbocycles. The van der Waals surface area contributed by atoms with Crippen molar-refractivity contribution >= 4 is 49.3 Å². The van der Waals surface area contributed by atoms with Gasteiger partial charge in [0.05, 0.1) is 22.2 Å². The van der Waals surface area contributed by atoms with E-state index in [9.17, 15) is 13.2 Å². The van der Waals surface area contributed by atoms with Gasteiger partial charge in [0.1, 0.15) is 0 Å². The zero-order valence-corrected chi connectivity index (χ0v) is 23.5. The Balaban J connectivity index is 1.55. The Morgan fingerprint density at radius 3 is 2.61 bits per heavy atom. The maximum Gasteiger partial charge on any atom is 0.262 e. The molecule has 2 heterocycles. The van der Waals surface area contributed by atoms with Crippen LogP contribution in [-0.4, -0.2) is 54.7 Å². The number of benzene rings is 3. The highest BCUT2D eigenvalue weighted by atomic mass is 32.2. The minimum Gasteiger partial charge on any atom is -0.340 e. The van der Waals surface area contributed by atoms with E-state index in [0.717, 1.165) is 34.8 Å². The summed E-state index contributed by atoms with van der Waals surface area (Å²) in [5.74, 6) is 0.956. The molecule has 7 nitrogen and oxygen atoms in total. The molecule has 1 N–H and O–H groups in total. The first-order valence-corrected chi connectivity index (χ1v) is 15.4. The van der Waals surface area contributed by atoms with Crippen molar-refractivity contribution in [1.29, 1.82) is 0 Å². The SMILES string of the molecule is CCN(CC)C(=O)C1=C(C)N=C2SCCCN2C1c1cccc(NS(=O)(=O)c2cccc3ccccc23)c1. The first kappa shape index (κ1) is 26.3. The van der Waals surface area contributed by atoms with Gasteiger partial charge in [-0.25, -0.2) is 13.4 Å². The van der Waals surface area contributed by atoms with Crippen molar-refractivity contribution in [3.8, 4) is 0 Å². The van der Waals surface area contributed by atoms with Gasteiger partial charge in [0.15, 0.2) is 5.17 Å². The molecule has 0 bridgehead atoms. The van der Waals surface area contributed by atoms with E-state index in [0.29, 0.717) is 35.4 Å². The van der Waals surface area contributed by atoms with Crippen LogP contribution in [0.3, 0.4) is 0 Å². The van der Waals surface area contributed by atoms with Crippen molar-refractivity contribution in [2.45, 2.75) is 38.1 Å². The molecule has 2 aliphatic rings. The van der Waals surface area contributed by atoms with Gasteiger partial charge in [-0.2, -0.15) is 0 Å². The maximum atomic E-state index is 13.7. The summed E-state index contributed by atoms with van der Waals surface area (Å²) in [7, 11) is -3.85. The molecule has 198 valence electrons. The standard InChI is InChI=1S/C29H32N4O3S2/c1-4-32(5-2)28(34)26-20(3)30-29-33(17-10-18-37-29)27(26)22-13-8-14-23(19-22)31-38(35,36)25-16-9-12-21-11-6-7-15-24(21)25/h6-9,11-16,19,27,31H,4-5,10,17-18H2,1-3H3. The predicted octanol–water partition coefficient (Wildman–Crippen LogP) is 5.63. The van der Waals surface area contributed by atoms with Gasteiger partial charge in [0, 0.05) is 36.5 Å². The number of likely N-dealkylation sites (N-methyl/N-ethyl adjacent to an activating group) is 1. The second kappa shape index (κ2) is 10.8. The number of fused-ring (bicyclic) bond motifs is 2. The molecule has 3 aromatic rings. The number of allylic oxidation sites excluding steroid dienone is 1. The van der Waals surface area contributed by atoms with Crippen LogP contribution in [0.25, 0.3) is 10.8 Å². The van der Waals surface area contributed by atoms with Gasteiger partial charge in [0.2, 0.25) is 0 Å². The average Bonchev–Trinajstić information content (AvgIpc) is 2.92. The molecule has 0 radical (unpaired) electrons. The molecule has 0 saturated carbocycles. The quantitative estimate of drug-likeness (QED) is 0.414. The van der Waals surface area contributed by atoms with E-state index in [4.69, 9.17) is 4.99 Å². The van der Waals surface area contributed by atoms with Gasteiger partial charge < -0.3 is 9.80 Å². The normalized spacial score (nSPS) is 17.7. The molecule has 2 aliphatic heterocycles. The van der Waals surface area contributed by atoms with E-state index in [1.807, 2.05) is 74.2 Å². The Labute approximate surface area is 228 Å². The van der Waals surface area contributed by atoms with Gasteiger partial charge in [-0.05, 0) is 56.3 Å². The van der Waals surface area contributed by atoms with Crippen LogP contribution in [0.4, 0.5) is 5.69 Å². The first-order chi connectivity index (χ1) is 18.3. The Hall–Kier alpha value is -3.30. The number of aliphatic imine (C=N–C) groups is 1. The number of amides is 1. The third-order valence-electron chi connectivity index (χ3n) is 7.03. The summed E-state index contributed by atoms with van der Waals surface area (Å²) >= 11 is 1.70. The molecule has 1 unspecified atom stereocenters. The number of amidine groups is 1. The second-order valence-electron chi connectivity index (χ2n) is 9.38. The largest absolute Gasteiger partial charge is 0.340 e. The van der Waals surface area contributed by atoms with E-state index in [1.54, 1.807) is 30.0 Å². The van der Waals surface area contributed by atoms with Gasteiger partial charge in [0.25, 0.3) is 15.9 Å². The van der Waals surface area contributed by atoms with Gasteiger partial charge >= 0.3 is 0 Å². The number of hydrogen-bond acceptors (Lipinski definition) is 6. The molecule has 1 fully saturated rings. The highest BCUT2D eigenvalue weighted by Crippen LogP contribution is 2.41.